The first-order valence-electron chi connectivity index (χ1n) is 7.37. The molecule has 0 aromatic carbocycles. The smallest absolute Gasteiger partial charge is 0.311 e. The van der Waals surface area contributed by atoms with Gasteiger partial charge in [0.05, 0.1) is 5.92 Å². The van der Waals surface area contributed by atoms with Crippen LogP contribution in [0.25, 0.3) is 0 Å². The third-order valence-corrected chi connectivity index (χ3v) is 5.17. The van der Waals surface area contributed by atoms with Gasteiger partial charge in [-0.2, -0.15) is 13.2 Å². The van der Waals surface area contributed by atoms with Gasteiger partial charge in [-0.25, -0.2) is 0 Å². The predicted octanol–water partition coefficient (Wildman–Crippen LogP) is 3.89. The van der Waals surface area contributed by atoms with Gasteiger partial charge in [0.1, 0.15) is 0 Å². The molecule has 5 atom stereocenters. The molecule has 0 spiro atoms. The minimum absolute atomic E-state index is 0.106. The number of nitrogens with one attached hydrogen (secondary N) is 1. The van der Waals surface area contributed by atoms with Gasteiger partial charge in [0.2, 0.25) is 0 Å². The molecule has 0 aliphatic heterocycles. The van der Waals surface area contributed by atoms with Gasteiger partial charge in [0, 0.05) is 12.1 Å². The summed E-state index contributed by atoms with van der Waals surface area (Å²) in [5.74, 6) is 0.602. The SMILES string of the molecule is FC(F)(F)C1CCCC(NC2CCCC3CC32)C1. The van der Waals surface area contributed by atoms with Gasteiger partial charge >= 0.3 is 6.18 Å². The van der Waals surface area contributed by atoms with Crippen LogP contribution in [0.5, 0.6) is 0 Å². The minimum atomic E-state index is -3.99. The molecule has 3 fully saturated rings. The lowest BCUT2D eigenvalue weighted by Gasteiger charge is -2.35. The molecule has 3 aliphatic carbocycles. The highest BCUT2D eigenvalue weighted by Gasteiger charge is 2.47. The summed E-state index contributed by atoms with van der Waals surface area (Å²) in [6, 6.07) is 0.621. The van der Waals surface area contributed by atoms with Crippen LogP contribution in [0.15, 0.2) is 0 Å². The second-order valence-corrected chi connectivity index (χ2v) is 6.47. The van der Waals surface area contributed by atoms with Crippen LogP contribution in [-0.4, -0.2) is 18.3 Å². The molecule has 18 heavy (non-hydrogen) atoms. The summed E-state index contributed by atoms with van der Waals surface area (Å²) in [6.45, 7) is 0. The van der Waals surface area contributed by atoms with E-state index in [0.29, 0.717) is 18.9 Å². The Bertz CT molecular complexity index is 302. The molecule has 0 aromatic rings. The third kappa shape index (κ3) is 2.68. The van der Waals surface area contributed by atoms with Gasteiger partial charge < -0.3 is 5.32 Å². The van der Waals surface area contributed by atoms with Crippen LogP contribution in [0.4, 0.5) is 13.2 Å². The van der Waals surface area contributed by atoms with Gasteiger partial charge in [-0.1, -0.05) is 19.3 Å². The number of hydrogen-bond acceptors (Lipinski definition) is 1. The Balaban J connectivity index is 1.53. The maximum absolute atomic E-state index is 12.8. The van der Waals surface area contributed by atoms with E-state index in [2.05, 4.69) is 5.32 Å². The average molecular weight is 261 g/mol. The summed E-state index contributed by atoms with van der Waals surface area (Å²) in [5.41, 5.74) is 0. The lowest BCUT2D eigenvalue weighted by molar-refractivity contribution is -0.184. The van der Waals surface area contributed by atoms with Crippen LogP contribution in [0.2, 0.25) is 0 Å². The molecule has 104 valence electrons. The normalized spacial score (nSPS) is 44.5. The van der Waals surface area contributed by atoms with Crippen molar-refractivity contribution in [1.82, 2.24) is 5.32 Å². The molecule has 3 rings (SSSR count). The molecule has 0 amide bonds. The van der Waals surface area contributed by atoms with Crippen molar-refractivity contribution in [2.75, 3.05) is 0 Å². The molecule has 0 saturated heterocycles. The van der Waals surface area contributed by atoms with E-state index in [-0.39, 0.29) is 6.04 Å². The van der Waals surface area contributed by atoms with E-state index in [9.17, 15) is 13.2 Å². The maximum atomic E-state index is 12.8. The summed E-state index contributed by atoms with van der Waals surface area (Å²) in [5, 5.41) is 3.55. The zero-order chi connectivity index (χ0) is 12.8. The molecular weight excluding hydrogens is 239 g/mol. The van der Waals surface area contributed by atoms with Gasteiger partial charge in [0.25, 0.3) is 0 Å². The number of halogens is 3. The van der Waals surface area contributed by atoms with Crippen molar-refractivity contribution in [3.8, 4) is 0 Å². The lowest BCUT2D eigenvalue weighted by atomic mass is 9.84. The zero-order valence-corrected chi connectivity index (χ0v) is 10.7. The molecule has 3 aliphatic rings. The van der Waals surface area contributed by atoms with E-state index in [4.69, 9.17) is 0 Å². The molecule has 0 heterocycles. The van der Waals surface area contributed by atoms with Crippen molar-refractivity contribution < 1.29 is 13.2 Å². The molecule has 0 radical (unpaired) electrons. The van der Waals surface area contributed by atoms with Gasteiger partial charge in [0.15, 0.2) is 0 Å². The fraction of sp³-hybridized carbons (Fsp3) is 1.00. The highest BCUT2D eigenvalue weighted by Crippen LogP contribution is 2.50. The Morgan fingerprint density at radius 2 is 1.67 bits per heavy atom. The fourth-order valence-corrected chi connectivity index (χ4v) is 4.06. The first-order valence-corrected chi connectivity index (χ1v) is 7.37. The van der Waals surface area contributed by atoms with E-state index in [0.717, 1.165) is 24.7 Å². The number of fused-ring (bicyclic) bond motifs is 1. The standard InChI is InChI=1S/C14H22F3N/c15-14(16,17)10-4-2-5-11(8-10)18-13-6-1-3-9-7-12(9)13/h9-13,18H,1-8H2. The lowest BCUT2D eigenvalue weighted by Crippen LogP contribution is -2.45. The molecule has 0 aromatic heterocycles. The van der Waals surface area contributed by atoms with Crippen molar-refractivity contribution in [3.05, 3.63) is 0 Å². The molecule has 1 nitrogen and oxygen atoms in total. The van der Waals surface area contributed by atoms with Crippen LogP contribution in [0.1, 0.15) is 51.4 Å². The van der Waals surface area contributed by atoms with Crippen molar-refractivity contribution in [1.29, 1.82) is 0 Å². The molecule has 4 heteroatoms. The summed E-state index contributed by atoms with van der Waals surface area (Å²) >= 11 is 0. The number of alkyl halides is 3. The predicted molar refractivity (Wildman–Crippen MR) is 64.2 cm³/mol. The first-order chi connectivity index (χ1) is 8.54. The maximum Gasteiger partial charge on any atom is 0.391 e. The van der Waals surface area contributed by atoms with Crippen LogP contribution in [-0.2, 0) is 0 Å². The first kappa shape index (κ1) is 12.8. The Hall–Kier alpha value is -0.250. The van der Waals surface area contributed by atoms with Gasteiger partial charge in [-0.05, 0) is 43.9 Å². The van der Waals surface area contributed by atoms with E-state index >= 15 is 0 Å². The van der Waals surface area contributed by atoms with Crippen LogP contribution < -0.4 is 5.32 Å². The number of rotatable bonds is 2. The van der Waals surface area contributed by atoms with Gasteiger partial charge in [-0.15, -0.1) is 0 Å². The second kappa shape index (κ2) is 4.69. The quantitative estimate of drug-likeness (QED) is 0.795. The van der Waals surface area contributed by atoms with Crippen molar-refractivity contribution in [3.63, 3.8) is 0 Å². The summed E-state index contributed by atoms with van der Waals surface area (Å²) < 4.78 is 38.3. The zero-order valence-electron chi connectivity index (χ0n) is 10.7. The Labute approximate surface area is 107 Å². The fourth-order valence-electron chi connectivity index (χ4n) is 4.06. The Morgan fingerprint density at radius 1 is 0.889 bits per heavy atom. The van der Waals surface area contributed by atoms with Crippen LogP contribution in [0, 0.1) is 17.8 Å². The summed E-state index contributed by atoms with van der Waals surface area (Å²) in [6.07, 6.45) is 3.39. The molecular formula is C14H22F3N. The van der Waals surface area contributed by atoms with E-state index < -0.39 is 12.1 Å². The highest BCUT2D eigenvalue weighted by molar-refractivity contribution is 4.99. The van der Waals surface area contributed by atoms with Crippen molar-refractivity contribution in [2.24, 2.45) is 17.8 Å². The van der Waals surface area contributed by atoms with Gasteiger partial charge in [-0.3, -0.25) is 0 Å². The van der Waals surface area contributed by atoms with Crippen LogP contribution in [0.3, 0.4) is 0 Å². The molecule has 5 unspecified atom stereocenters. The van der Waals surface area contributed by atoms with Crippen molar-refractivity contribution in [2.45, 2.75) is 69.6 Å². The minimum Gasteiger partial charge on any atom is -0.311 e. The Kier molecular flexibility index (Phi) is 3.33. The topological polar surface area (TPSA) is 12.0 Å². The Morgan fingerprint density at radius 3 is 2.44 bits per heavy atom. The highest BCUT2D eigenvalue weighted by atomic mass is 19.4. The number of hydrogen-bond donors (Lipinski definition) is 1. The molecule has 0 bridgehead atoms. The summed E-state index contributed by atoms with van der Waals surface area (Å²) in [4.78, 5) is 0. The molecule has 1 N–H and O–H groups in total. The van der Waals surface area contributed by atoms with Crippen molar-refractivity contribution >= 4 is 0 Å². The second-order valence-electron chi connectivity index (χ2n) is 6.47. The van der Waals surface area contributed by atoms with E-state index in [1.807, 2.05) is 0 Å². The monoisotopic (exact) mass is 261 g/mol. The summed E-state index contributed by atoms with van der Waals surface area (Å²) in [7, 11) is 0. The van der Waals surface area contributed by atoms with E-state index in [1.165, 1.54) is 25.7 Å². The molecule has 3 saturated carbocycles. The third-order valence-electron chi connectivity index (χ3n) is 5.17. The average Bonchev–Trinajstić information content (AvgIpc) is 3.08. The van der Waals surface area contributed by atoms with Crippen LogP contribution >= 0.6 is 0 Å². The van der Waals surface area contributed by atoms with E-state index in [1.54, 1.807) is 0 Å². The largest absolute Gasteiger partial charge is 0.391 e.